The van der Waals surface area contributed by atoms with Crippen molar-refractivity contribution in [2.75, 3.05) is 7.05 Å². The van der Waals surface area contributed by atoms with E-state index in [2.05, 4.69) is 5.27 Å². The molecule has 0 unspecified atom stereocenters. The molecule has 3 rings (SSSR count). The third-order valence-corrected chi connectivity index (χ3v) is 3.97. The van der Waals surface area contributed by atoms with E-state index in [1.54, 1.807) is 16.6 Å². The van der Waals surface area contributed by atoms with Gasteiger partial charge in [0, 0.05) is 25.1 Å². The van der Waals surface area contributed by atoms with Gasteiger partial charge in [0.2, 0.25) is 11.6 Å². The minimum atomic E-state index is -0.452. The highest BCUT2D eigenvalue weighted by atomic mass is 16.5. The molecule has 110 valence electrons. The predicted molar refractivity (Wildman–Crippen MR) is 74.7 cm³/mol. The molecule has 0 atom stereocenters. The number of para-hydroxylation sites is 1. The molecule has 21 heavy (non-hydrogen) atoms. The fourth-order valence-electron chi connectivity index (χ4n) is 2.48. The summed E-state index contributed by atoms with van der Waals surface area (Å²) in [5, 5.41) is 2.58. The molecular weight excluding hydrogens is 270 g/mol. The average Bonchev–Trinajstić information content (AvgIpc) is 2.79. The van der Waals surface area contributed by atoms with Crippen LogP contribution in [0.5, 0.6) is 0 Å². The smallest absolute Gasteiger partial charge is 0.335 e. The summed E-state index contributed by atoms with van der Waals surface area (Å²) in [6.45, 7) is 0.232. The lowest BCUT2D eigenvalue weighted by molar-refractivity contribution is -0.678. The predicted octanol–water partition coefficient (Wildman–Crippen LogP) is 1.00. The molecule has 1 fully saturated rings. The Morgan fingerprint density at radius 2 is 2.10 bits per heavy atom. The fourth-order valence-corrected chi connectivity index (χ4v) is 2.48. The van der Waals surface area contributed by atoms with Crippen LogP contribution in [-0.4, -0.2) is 23.1 Å². The summed E-state index contributed by atoms with van der Waals surface area (Å²) in [7, 11) is 1.72. The molecule has 0 bridgehead atoms. The van der Waals surface area contributed by atoms with Crippen molar-refractivity contribution in [3.05, 3.63) is 46.4 Å². The van der Waals surface area contributed by atoms with Gasteiger partial charge in [-0.05, 0) is 22.8 Å². The molecule has 0 saturated heterocycles. The van der Waals surface area contributed by atoms with E-state index in [0.29, 0.717) is 5.69 Å². The van der Waals surface area contributed by atoms with Gasteiger partial charge in [0.25, 0.3) is 0 Å². The van der Waals surface area contributed by atoms with Gasteiger partial charge in [-0.3, -0.25) is 9.32 Å². The van der Waals surface area contributed by atoms with E-state index in [0.717, 1.165) is 24.9 Å². The molecule has 2 aromatic rings. The third kappa shape index (κ3) is 2.61. The number of H-pyrrole nitrogens is 1. The normalized spacial score (nSPS) is 14.7. The lowest BCUT2D eigenvalue weighted by Gasteiger charge is -2.28. The maximum absolute atomic E-state index is 12.2. The zero-order valence-corrected chi connectivity index (χ0v) is 11.9. The molecule has 1 aliphatic carbocycles. The van der Waals surface area contributed by atoms with Crippen LogP contribution in [-0.2, 0) is 11.3 Å². The summed E-state index contributed by atoms with van der Waals surface area (Å²) >= 11 is 0. The van der Waals surface area contributed by atoms with Gasteiger partial charge in [-0.2, -0.15) is 0 Å². The Hall–Kier alpha value is -2.37. The second-order valence-corrected chi connectivity index (χ2v) is 5.42. The highest BCUT2D eigenvalue weighted by Crippen LogP contribution is 2.28. The Morgan fingerprint density at radius 3 is 2.71 bits per heavy atom. The maximum atomic E-state index is 12.2. The average molecular weight is 288 g/mol. The minimum absolute atomic E-state index is 0.0986. The van der Waals surface area contributed by atoms with Gasteiger partial charge in [0.15, 0.2) is 0 Å². The van der Waals surface area contributed by atoms with Crippen molar-refractivity contribution in [2.24, 2.45) is 5.92 Å². The van der Waals surface area contributed by atoms with Crippen molar-refractivity contribution in [2.45, 2.75) is 25.8 Å². The number of aromatic nitrogens is 2. The van der Waals surface area contributed by atoms with Crippen LogP contribution in [0.1, 0.15) is 25.0 Å². The van der Waals surface area contributed by atoms with Crippen molar-refractivity contribution in [3.63, 3.8) is 0 Å². The van der Waals surface area contributed by atoms with Crippen molar-refractivity contribution < 1.29 is 14.0 Å². The molecular formula is C15H18N3O3+. The zero-order chi connectivity index (χ0) is 14.8. The van der Waals surface area contributed by atoms with Gasteiger partial charge in [-0.15, -0.1) is 0 Å². The SMILES string of the molecule is CN(Cc1c(=O)o[nH][n+]1-c1ccccc1)C(=O)C1CCC1. The van der Waals surface area contributed by atoms with Crippen LogP contribution in [0, 0.1) is 5.92 Å². The minimum Gasteiger partial charge on any atom is -0.335 e. The Morgan fingerprint density at radius 1 is 1.38 bits per heavy atom. The first-order valence-electron chi connectivity index (χ1n) is 7.09. The van der Waals surface area contributed by atoms with E-state index in [9.17, 15) is 9.59 Å². The molecule has 1 saturated carbocycles. The van der Waals surface area contributed by atoms with Crippen LogP contribution < -0.4 is 10.3 Å². The van der Waals surface area contributed by atoms with E-state index < -0.39 is 5.63 Å². The lowest BCUT2D eigenvalue weighted by atomic mass is 9.84. The first-order valence-corrected chi connectivity index (χ1v) is 7.09. The molecule has 1 aromatic heterocycles. The first kappa shape index (κ1) is 13.6. The highest BCUT2D eigenvalue weighted by molar-refractivity contribution is 5.79. The number of rotatable bonds is 4. The summed E-state index contributed by atoms with van der Waals surface area (Å²) in [5.41, 5.74) is 0.756. The zero-order valence-electron chi connectivity index (χ0n) is 11.9. The van der Waals surface area contributed by atoms with E-state index in [-0.39, 0.29) is 18.4 Å². The fraction of sp³-hybridized carbons (Fsp3) is 0.400. The lowest BCUT2D eigenvalue weighted by Crippen LogP contribution is -2.44. The molecule has 1 heterocycles. The van der Waals surface area contributed by atoms with Crippen LogP contribution in [0.2, 0.25) is 0 Å². The number of amides is 1. The first-order chi connectivity index (χ1) is 10.2. The molecule has 6 nitrogen and oxygen atoms in total. The Labute approximate surface area is 121 Å². The summed E-state index contributed by atoms with van der Waals surface area (Å²) in [6.07, 6.45) is 3.01. The van der Waals surface area contributed by atoms with Gasteiger partial charge in [-0.25, -0.2) is 4.79 Å². The summed E-state index contributed by atoms with van der Waals surface area (Å²) < 4.78 is 6.45. The van der Waals surface area contributed by atoms with Crippen molar-refractivity contribution >= 4 is 5.91 Å². The van der Waals surface area contributed by atoms with Crippen LogP contribution in [0.25, 0.3) is 5.69 Å². The molecule has 0 spiro atoms. The number of hydrogen-bond donors (Lipinski definition) is 1. The van der Waals surface area contributed by atoms with Gasteiger partial charge in [-0.1, -0.05) is 24.6 Å². The Balaban J connectivity index is 1.84. The van der Waals surface area contributed by atoms with Crippen LogP contribution in [0.15, 0.2) is 39.6 Å². The van der Waals surface area contributed by atoms with E-state index in [1.165, 1.54) is 0 Å². The van der Waals surface area contributed by atoms with Gasteiger partial charge in [0.05, 0.1) is 0 Å². The van der Waals surface area contributed by atoms with E-state index in [1.807, 2.05) is 30.3 Å². The second kappa shape index (κ2) is 5.55. The van der Waals surface area contributed by atoms with Gasteiger partial charge in [0.1, 0.15) is 6.54 Å². The number of carbonyl (C=O) groups is 1. The molecule has 0 aliphatic heterocycles. The van der Waals surface area contributed by atoms with E-state index in [4.69, 9.17) is 4.52 Å². The molecule has 0 radical (unpaired) electrons. The third-order valence-electron chi connectivity index (χ3n) is 3.97. The molecule has 1 amide bonds. The number of benzene rings is 1. The van der Waals surface area contributed by atoms with Crippen molar-refractivity contribution in [1.29, 1.82) is 0 Å². The standard InChI is InChI=1S/C15H17N3O3/c1-17(14(19)11-6-5-7-11)10-13-15(20)21-16-18(13)12-8-3-2-4-9-12/h2-4,8-9,11H,5-7,10H2,1H3/p+1. The quantitative estimate of drug-likeness (QED) is 0.853. The maximum Gasteiger partial charge on any atom is 0.432 e. The number of carbonyl (C=O) groups excluding carboxylic acids is 1. The van der Waals surface area contributed by atoms with Crippen LogP contribution in [0.3, 0.4) is 0 Å². The monoisotopic (exact) mass is 288 g/mol. The van der Waals surface area contributed by atoms with Crippen molar-refractivity contribution in [1.82, 2.24) is 10.2 Å². The van der Waals surface area contributed by atoms with Gasteiger partial charge < -0.3 is 4.90 Å². The van der Waals surface area contributed by atoms with Crippen LogP contribution >= 0.6 is 0 Å². The Kier molecular flexibility index (Phi) is 3.60. The summed E-state index contributed by atoms with van der Waals surface area (Å²) in [6, 6.07) is 9.38. The topological polar surface area (TPSA) is 70.2 Å². The van der Waals surface area contributed by atoms with Crippen LogP contribution in [0.4, 0.5) is 0 Å². The number of hydrogen-bond acceptors (Lipinski definition) is 3. The van der Waals surface area contributed by atoms with Gasteiger partial charge >= 0.3 is 11.3 Å². The molecule has 1 aromatic carbocycles. The molecule has 1 N–H and O–H groups in total. The van der Waals surface area contributed by atoms with E-state index >= 15 is 0 Å². The summed E-state index contributed by atoms with van der Waals surface area (Å²) in [5.74, 6) is 0.215. The molecule has 6 heteroatoms. The number of nitrogens with one attached hydrogen (secondary N) is 1. The Bertz CT molecular complexity index is 686. The summed E-state index contributed by atoms with van der Waals surface area (Å²) in [4.78, 5) is 25.7. The highest BCUT2D eigenvalue weighted by Gasteiger charge is 2.31. The second-order valence-electron chi connectivity index (χ2n) is 5.42. The number of aromatic amines is 1. The number of nitrogens with zero attached hydrogens (tertiary/aromatic N) is 2. The molecule has 1 aliphatic rings. The van der Waals surface area contributed by atoms with Crippen molar-refractivity contribution in [3.8, 4) is 5.69 Å². The largest absolute Gasteiger partial charge is 0.432 e.